The summed E-state index contributed by atoms with van der Waals surface area (Å²) in [6.07, 6.45) is 5.51. The predicted molar refractivity (Wildman–Crippen MR) is 120 cm³/mol. The van der Waals surface area contributed by atoms with Crippen LogP contribution < -0.4 is 0 Å². The topological polar surface area (TPSA) is 58.4 Å². The molecule has 1 aromatic heterocycles. The Balaban J connectivity index is 1.49. The molecule has 0 unspecified atom stereocenters. The molecule has 2 aliphatic heterocycles. The number of hydrogen-bond acceptors (Lipinski definition) is 4. The standard InChI is InChI=1S/C23H32N4O2S/c1-17-10-13-25(14-11-17)21(28)15-27-20-9-4-3-8-19(20)24-23(27)30-16-22(29)26-12-6-5-7-18(26)2/h3-4,8-9,17-18H,5-7,10-16H2,1-2H3/t18-/m1/s1. The Kier molecular flexibility index (Phi) is 6.66. The van der Waals surface area contributed by atoms with E-state index in [0.717, 1.165) is 61.5 Å². The number of benzene rings is 1. The zero-order chi connectivity index (χ0) is 21.1. The highest BCUT2D eigenvalue weighted by molar-refractivity contribution is 7.99. The fourth-order valence-corrected chi connectivity index (χ4v) is 5.39. The summed E-state index contributed by atoms with van der Waals surface area (Å²) in [5, 5.41) is 0.757. The molecule has 2 saturated heterocycles. The number of nitrogens with zero attached hydrogens (tertiary/aromatic N) is 4. The van der Waals surface area contributed by atoms with Crippen LogP contribution in [0.3, 0.4) is 0 Å². The van der Waals surface area contributed by atoms with Gasteiger partial charge in [0.05, 0.1) is 16.8 Å². The van der Waals surface area contributed by atoms with E-state index in [9.17, 15) is 9.59 Å². The molecule has 7 heteroatoms. The van der Waals surface area contributed by atoms with Crippen LogP contribution >= 0.6 is 11.8 Å². The molecule has 6 nitrogen and oxygen atoms in total. The van der Waals surface area contributed by atoms with Gasteiger partial charge in [0, 0.05) is 25.7 Å². The summed E-state index contributed by atoms with van der Waals surface area (Å²) >= 11 is 1.46. The van der Waals surface area contributed by atoms with Gasteiger partial charge in [-0.2, -0.15) is 0 Å². The lowest BCUT2D eigenvalue weighted by atomic mass is 9.99. The zero-order valence-electron chi connectivity index (χ0n) is 18.0. The first-order chi connectivity index (χ1) is 14.5. The van der Waals surface area contributed by atoms with Crippen LogP contribution in [0.1, 0.15) is 46.0 Å². The number of carbonyl (C=O) groups is 2. The highest BCUT2D eigenvalue weighted by Crippen LogP contribution is 2.26. The van der Waals surface area contributed by atoms with Crippen molar-refractivity contribution in [2.45, 2.75) is 63.7 Å². The molecule has 0 spiro atoms. The Labute approximate surface area is 183 Å². The van der Waals surface area contributed by atoms with Crippen LogP contribution in [0.5, 0.6) is 0 Å². The molecule has 3 heterocycles. The van der Waals surface area contributed by atoms with Gasteiger partial charge in [-0.05, 0) is 57.1 Å². The van der Waals surface area contributed by atoms with Crippen molar-refractivity contribution in [3.63, 3.8) is 0 Å². The quantitative estimate of drug-likeness (QED) is 0.680. The van der Waals surface area contributed by atoms with Crippen molar-refractivity contribution in [2.75, 3.05) is 25.4 Å². The molecular formula is C23H32N4O2S. The van der Waals surface area contributed by atoms with Crippen LogP contribution in [0.4, 0.5) is 0 Å². The van der Waals surface area contributed by atoms with Gasteiger partial charge in [-0.3, -0.25) is 9.59 Å². The maximum absolute atomic E-state index is 13.0. The van der Waals surface area contributed by atoms with Gasteiger partial charge in [0.25, 0.3) is 0 Å². The maximum Gasteiger partial charge on any atom is 0.242 e. The van der Waals surface area contributed by atoms with Crippen LogP contribution in [0.25, 0.3) is 11.0 Å². The monoisotopic (exact) mass is 428 g/mol. The van der Waals surface area contributed by atoms with Gasteiger partial charge in [0.15, 0.2) is 5.16 Å². The third kappa shape index (κ3) is 4.66. The van der Waals surface area contributed by atoms with Crippen molar-refractivity contribution in [3.8, 4) is 0 Å². The molecule has 0 saturated carbocycles. The van der Waals surface area contributed by atoms with E-state index in [1.807, 2.05) is 38.6 Å². The predicted octanol–water partition coefficient (Wildman–Crippen LogP) is 3.79. The Bertz CT molecular complexity index is 904. The van der Waals surface area contributed by atoms with Crippen LogP contribution in [-0.4, -0.2) is 62.6 Å². The van der Waals surface area contributed by atoms with Crippen LogP contribution in [0.2, 0.25) is 0 Å². The summed E-state index contributed by atoms with van der Waals surface area (Å²) in [5.41, 5.74) is 1.83. The van der Waals surface area contributed by atoms with Crippen molar-refractivity contribution in [3.05, 3.63) is 24.3 Å². The first-order valence-corrected chi connectivity index (χ1v) is 12.2. The average Bonchev–Trinajstić information content (AvgIpc) is 3.10. The van der Waals surface area contributed by atoms with Crippen molar-refractivity contribution in [1.82, 2.24) is 19.4 Å². The summed E-state index contributed by atoms with van der Waals surface area (Å²) < 4.78 is 1.99. The SMILES string of the molecule is CC1CCN(C(=O)Cn2c(SCC(=O)N3CCCC[C@H]3C)nc3ccccc32)CC1. The zero-order valence-corrected chi connectivity index (χ0v) is 18.9. The molecule has 1 aromatic carbocycles. The Morgan fingerprint density at radius 3 is 2.57 bits per heavy atom. The number of rotatable bonds is 5. The molecule has 2 aromatic rings. The number of fused-ring (bicyclic) bond motifs is 1. The molecule has 162 valence electrons. The Hall–Kier alpha value is -2.02. The van der Waals surface area contributed by atoms with E-state index in [0.29, 0.717) is 17.7 Å². The fraction of sp³-hybridized carbons (Fsp3) is 0.609. The molecule has 30 heavy (non-hydrogen) atoms. The summed E-state index contributed by atoms with van der Waals surface area (Å²) in [6, 6.07) is 8.23. The number of aromatic nitrogens is 2. The van der Waals surface area contributed by atoms with E-state index in [2.05, 4.69) is 13.8 Å². The van der Waals surface area contributed by atoms with E-state index >= 15 is 0 Å². The lowest BCUT2D eigenvalue weighted by Gasteiger charge is -2.33. The molecule has 0 aliphatic carbocycles. The third-order valence-corrected chi connectivity index (χ3v) is 7.46. The summed E-state index contributed by atoms with van der Waals surface area (Å²) in [5.74, 6) is 1.37. The molecule has 4 rings (SSSR count). The summed E-state index contributed by atoms with van der Waals surface area (Å²) in [6.45, 7) is 7.19. The van der Waals surface area contributed by atoms with Crippen molar-refractivity contribution in [1.29, 1.82) is 0 Å². The second-order valence-electron chi connectivity index (χ2n) is 8.75. The minimum absolute atomic E-state index is 0.142. The minimum atomic E-state index is 0.142. The van der Waals surface area contributed by atoms with Gasteiger partial charge < -0.3 is 14.4 Å². The van der Waals surface area contributed by atoms with Crippen molar-refractivity contribution in [2.24, 2.45) is 5.92 Å². The molecular weight excluding hydrogens is 396 g/mol. The average molecular weight is 429 g/mol. The van der Waals surface area contributed by atoms with Crippen LogP contribution in [-0.2, 0) is 16.1 Å². The van der Waals surface area contributed by atoms with Gasteiger partial charge in [-0.15, -0.1) is 0 Å². The summed E-state index contributed by atoms with van der Waals surface area (Å²) in [7, 11) is 0. The third-order valence-electron chi connectivity index (χ3n) is 6.50. The molecule has 1 atom stereocenters. The second-order valence-corrected chi connectivity index (χ2v) is 9.70. The number of carbonyl (C=O) groups excluding carboxylic acids is 2. The van der Waals surface area contributed by atoms with Gasteiger partial charge in [0.1, 0.15) is 6.54 Å². The molecule has 2 aliphatic rings. The normalized spacial score (nSPS) is 20.7. The number of likely N-dealkylation sites (tertiary alicyclic amines) is 2. The van der Waals surface area contributed by atoms with E-state index < -0.39 is 0 Å². The Morgan fingerprint density at radius 1 is 1.03 bits per heavy atom. The lowest BCUT2D eigenvalue weighted by molar-refractivity contribution is -0.133. The highest BCUT2D eigenvalue weighted by Gasteiger charge is 2.25. The van der Waals surface area contributed by atoms with Gasteiger partial charge >= 0.3 is 0 Å². The van der Waals surface area contributed by atoms with E-state index in [-0.39, 0.29) is 18.4 Å². The lowest BCUT2D eigenvalue weighted by Crippen LogP contribution is -2.43. The number of imidazole rings is 1. The molecule has 2 amide bonds. The highest BCUT2D eigenvalue weighted by atomic mass is 32.2. The van der Waals surface area contributed by atoms with E-state index in [1.165, 1.54) is 18.2 Å². The first-order valence-electron chi connectivity index (χ1n) is 11.2. The summed E-state index contributed by atoms with van der Waals surface area (Å²) in [4.78, 5) is 34.5. The second kappa shape index (κ2) is 9.41. The minimum Gasteiger partial charge on any atom is -0.341 e. The van der Waals surface area contributed by atoms with Crippen LogP contribution in [0, 0.1) is 5.92 Å². The smallest absolute Gasteiger partial charge is 0.242 e. The molecule has 0 N–H and O–H groups in total. The van der Waals surface area contributed by atoms with Crippen molar-refractivity contribution < 1.29 is 9.59 Å². The number of hydrogen-bond donors (Lipinski definition) is 0. The maximum atomic E-state index is 13.0. The van der Waals surface area contributed by atoms with Gasteiger partial charge in [-0.25, -0.2) is 4.98 Å². The number of para-hydroxylation sites is 2. The molecule has 0 radical (unpaired) electrons. The van der Waals surface area contributed by atoms with Crippen LogP contribution in [0.15, 0.2) is 29.4 Å². The largest absolute Gasteiger partial charge is 0.341 e. The number of amides is 2. The number of thioether (sulfide) groups is 1. The van der Waals surface area contributed by atoms with Gasteiger partial charge in [-0.1, -0.05) is 30.8 Å². The Morgan fingerprint density at radius 2 is 1.80 bits per heavy atom. The fourth-order valence-electron chi connectivity index (χ4n) is 4.49. The number of piperidine rings is 2. The van der Waals surface area contributed by atoms with E-state index in [4.69, 9.17) is 4.98 Å². The molecule has 0 bridgehead atoms. The van der Waals surface area contributed by atoms with Gasteiger partial charge in [0.2, 0.25) is 11.8 Å². The van der Waals surface area contributed by atoms with Crippen molar-refractivity contribution >= 4 is 34.6 Å². The first kappa shape index (κ1) is 21.2. The molecule has 2 fully saturated rings. The van der Waals surface area contributed by atoms with E-state index in [1.54, 1.807) is 0 Å².